The van der Waals surface area contributed by atoms with Crippen LogP contribution in [0.1, 0.15) is 24.2 Å². The lowest BCUT2D eigenvalue weighted by molar-refractivity contribution is 0.564. The lowest BCUT2D eigenvalue weighted by Gasteiger charge is -2.14. The molecule has 0 fully saturated rings. The molecule has 1 aromatic heterocycles. The second-order valence-electron chi connectivity index (χ2n) is 4.42. The molecule has 2 rings (SSSR count). The summed E-state index contributed by atoms with van der Waals surface area (Å²) in [7, 11) is 1.98. The first-order chi connectivity index (χ1) is 8.66. The van der Waals surface area contributed by atoms with Gasteiger partial charge in [-0.05, 0) is 53.3 Å². The van der Waals surface area contributed by atoms with Gasteiger partial charge >= 0.3 is 0 Å². The van der Waals surface area contributed by atoms with Crippen molar-refractivity contribution in [2.75, 3.05) is 6.54 Å². The molecule has 18 heavy (non-hydrogen) atoms. The van der Waals surface area contributed by atoms with Gasteiger partial charge in [0.05, 0.1) is 0 Å². The Morgan fingerprint density at radius 3 is 2.61 bits per heavy atom. The molecule has 1 heterocycles. The van der Waals surface area contributed by atoms with E-state index in [4.69, 9.17) is 0 Å². The predicted octanol–water partition coefficient (Wildman–Crippen LogP) is 2.92. The fourth-order valence-electron chi connectivity index (χ4n) is 1.93. The zero-order valence-electron chi connectivity index (χ0n) is 10.7. The maximum absolute atomic E-state index is 4.17. The molecule has 1 atom stereocenters. The van der Waals surface area contributed by atoms with E-state index < -0.39 is 0 Å². The summed E-state index contributed by atoms with van der Waals surface area (Å²) in [5.41, 5.74) is 2.60. The molecule has 3 nitrogen and oxygen atoms in total. The van der Waals surface area contributed by atoms with E-state index in [0.29, 0.717) is 6.04 Å². The summed E-state index contributed by atoms with van der Waals surface area (Å²) in [4.78, 5) is 0. The Morgan fingerprint density at radius 2 is 2.00 bits per heavy atom. The van der Waals surface area contributed by atoms with Gasteiger partial charge in [-0.2, -0.15) is 5.10 Å². The van der Waals surface area contributed by atoms with Crippen molar-refractivity contribution in [1.82, 2.24) is 15.1 Å². The molecule has 0 aliphatic rings. The third-order valence-corrected chi connectivity index (χ3v) is 3.84. The monoisotopic (exact) mass is 355 g/mol. The van der Waals surface area contributed by atoms with Gasteiger partial charge < -0.3 is 5.32 Å². The summed E-state index contributed by atoms with van der Waals surface area (Å²) >= 11 is 2.33. The molecule has 0 saturated carbocycles. The molecule has 1 unspecified atom stereocenters. The van der Waals surface area contributed by atoms with Crippen molar-refractivity contribution < 1.29 is 0 Å². The number of rotatable bonds is 5. The topological polar surface area (TPSA) is 29.9 Å². The van der Waals surface area contributed by atoms with Gasteiger partial charge in [0.1, 0.15) is 0 Å². The van der Waals surface area contributed by atoms with Gasteiger partial charge in [0.25, 0.3) is 0 Å². The van der Waals surface area contributed by atoms with Crippen molar-refractivity contribution in [3.8, 4) is 0 Å². The fraction of sp³-hybridized carbons (Fsp3) is 0.357. The van der Waals surface area contributed by atoms with E-state index in [1.54, 1.807) is 0 Å². The second-order valence-corrected chi connectivity index (χ2v) is 5.67. The van der Waals surface area contributed by atoms with Crippen molar-refractivity contribution in [2.24, 2.45) is 7.05 Å². The van der Waals surface area contributed by atoms with Gasteiger partial charge in [-0.15, -0.1) is 0 Å². The fourth-order valence-corrected chi connectivity index (χ4v) is 2.29. The molecule has 0 saturated heterocycles. The van der Waals surface area contributed by atoms with Crippen LogP contribution in [-0.2, 0) is 13.5 Å². The summed E-state index contributed by atoms with van der Waals surface area (Å²) in [6.07, 6.45) is 2.85. The zero-order valence-corrected chi connectivity index (χ0v) is 12.9. The maximum Gasteiger partial charge on any atom is 0.0492 e. The molecule has 96 valence electrons. The third-order valence-electron chi connectivity index (χ3n) is 3.12. The van der Waals surface area contributed by atoms with Crippen LogP contribution in [0.5, 0.6) is 0 Å². The van der Waals surface area contributed by atoms with Crippen LogP contribution in [0.4, 0.5) is 0 Å². The van der Waals surface area contributed by atoms with Gasteiger partial charge in [-0.1, -0.05) is 12.1 Å². The highest BCUT2D eigenvalue weighted by atomic mass is 127. The average Bonchev–Trinajstić information content (AvgIpc) is 2.76. The van der Waals surface area contributed by atoms with Crippen LogP contribution >= 0.6 is 22.6 Å². The van der Waals surface area contributed by atoms with Gasteiger partial charge in [-0.25, -0.2) is 0 Å². The smallest absolute Gasteiger partial charge is 0.0492 e. The lowest BCUT2D eigenvalue weighted by Crippen LogP contribution is -2.22. The average molecular weight is 355 g/mol. The first-order valence-corrected chi connectivity index (χ1v) is 7.20. The number of benzene rings is 1. The van der Waals surface area contributed by atoms with E-state index in [1.807, 2.05) is 17.9 Å². The van der Waals surface area contributed by atoms with Crippen LogP contribution in [0.25, 0.3) is 0 Å². The molecule has 1 N–H and O–H groups in total. The van der Waals surface area contributed by atoms with E-state index in [9.17, 15) is 0 Å². The summed E-state index contributed by atoms with van der Waals surface area (Å²) in [5.74, 6) is 0. The van der Waals surface area contributed by atoms with E-state index in [0.717, 1.165) is 13.0 Å². The molecule has 0 spiro atoms. The maximum atomic E-state index is 4.17. The number of halogens is 1. The van der Waals surface area contributed by atoms with Gasteiger partial charge in [0.15, 0.2) is 0 Å². The van der Waals surface area contributed by atoms with E-state index >= 15 is 0 Å². The Kier molecular flexibility index (Phi) is 4.77. The highest BCUT2D eigenvalue weighted by Crippen LogP contribution is 2.14. The van der Waals surface area contributed by atoms with Crippen molar-refractivity contribution in [3.05, 3.63) is 51.4 Å². The molecule has 0 aliphatic carbocycles. The van der Waals surface area contributed by atoms with Crippen molar-refractivity contribution in [2.45, 2.75) is 19.4 Å². The van der Waals surface area contributed by atoms with E-state index in [2.05, 4.69) is 70.3 Å². The normalized spacial score (nSPS) is 12.6. The summed E-state index contributed by atoms with van der Waals surface area (Å²) in [5, 5.41) is 7.71. The number of nitrogens with zero attached hydrogens (tertiary/aromatic N) is 2. The van der Waals surface area contributed by atoms with Crippen molar-refractivity contribution >= 4 is 22.6 Å². The number of nitrogens with one attached hydrogen (secondary N) is 1. The Morgan fingerprint density at radius 1 is 1.28 bits per heavy atom. The van der Waals surface area contributed by atoms with Gasteiger partial charge in [0.2, 0.25) is 0 Å². The molecule has 0 amide bonds. The van der Waals surface area contributed by atoms with Gasteiger partial charge in [-0.3, -0.25) is 4.68 Å². The highest BCUT2D eigenvalue weighted by Gasteiger charge is 2.05. The van der Waals surface area contributed by atoms with Crippen molar-refractivity contribution in [1.29, 1.82) is 0 Å². The Bertz CT molecular complexity index is 490. The molecule has 2 aromatic rings. The first-order valence-electron chi connectivity index (χ1n) is 6.12. The lowest BCUT2D eigenvalue weighted by atomic mass is 10.1. The quantitative estimate of drug-likeness (QED) is 0.836. The zero-order chi connectivity index (χ0) is 13.0. The second kappa shape index (κ2) is 6.33. The first kappa shape index (κ1) is 13.5. The van der Waals surface area contributed by atoms with Crippen LogP contribution in [0.15, 0.2) is 36.5 Å². The summed E-state index contributed by atoms with van der Waals surface area (Å²) < 4.78 is 3.20. The third kappa shape index (κ3) is 3.55. The van der Waals surface area contributed by atoms with E-state index in [-0.39, 0.29) is 0 Å². The minimum atomic E-state index is 0.384. The number of hydrogen-bond acceptors (Lipinski definition) is 2. The minimum Gasteiger partial charge on any atom is -0.310 e. The Hall–Kier alpha value is -0.880. The molecule has 0 bridgehead atoms. The number of aryl methyl sites for hydroxylation is 1. The molecular weight excluding hydrogens is 337 g/mol. The molecule has 0 aliphatic heterocycles. The van der Waals surface area contributed by atoms with Gasteiger partial charge in [0, 0.05) is 41.5 Å². The van der Waals surface area contributed by atoms with Crippen LogP contribution in [-0.4, -0.2) is 16.3 Å². The Balaban J connectivity index is 1.83. The van der Waals surface area contributed by atoms with Crippen LogP contribution in [0.3, 0.4) is 0 Å². The molecular formula is C14H18IN3. The molecule has 0 radical (unpaired) electrons. The van der Waals surface area contributed by atoms with E-state index in [1.165, 1.54) is 14.8 Å². The largest absolute Gasteiger partial charge is 0.310 e. The van der Waals surface area contributed by atoms with Crippen molar-refractivity contribution in [3.63, 3.8) is 0 Å². The predicted molar refractivity (Wildman–Crippen MR) is 82.5 cm³/mol. The summed E-state index contributed by atoms with van der Waals surface area (Å²) in [6.45, 7) is 3.16. The Labute approximate surface area is 122 Å². The molecule has 4 heteroatoms. The van der Waals surface area contributed by atoms with Crippen LogP contribution in [0, 0.1) is 3.57 Å². The van der Waals surface area contributed by atoms with Crippen LogP contribution < -0.4 is 5.32 Å². The molecule has 1 aromatic carbocycles. The highest BCUT2D eigenvalue weighted by molar-refractivity contribution is 14.1. The van der Waals surface area contributed by atoms with Crippen LogP contribution in [0.2, 0.25) is 0 Å². The number of aromatic nitrogens is 2. The number of hydrogen-bond donors (Lipinski definition) is 1. The minimum absolute atomic E-state index is 0.384. The standard InChI is InChI=1S/C14H18IN3/c1-11(12-3-5-13(15)6-4-12)16-9-7-14-8-10-17-18(14)2/h3-6,8,10-11,16H,7,9H2,1-2H3. The summed E-state index contributed by atoms with van der Waals surface area (Å²) in [6, 6.07) is 11.1. The SMILES string of the molecule is CC(NCCc1ccnn1C)c1ccc(I)cc1.